The zero-order valence-electron chi connectivity index (χ0n) is 19.3. The van der Waals surface area contributed by atoms with Gasteiger partial charge in [-0.05, 0) is 42.7 Å². The normalized spacial score (nSPS) is 17.2. The predicted octanol–water partition coefficient (Wildman–Crippen LogP) is 3.46. The summed E-state index contributed by atoms with van der Waals surface area (Å²) in [4.78, 5) is 30.0. The average Bonchev–Trinajstić information content (AvgIpc) is 3.26. The number of rotatable bonds is 6. The maximum atomic E-state index is 13.5. The summed E-state index contributed by atoms with van der Waals surface area (Å²) in [5.41, 5.74) is 1.53. The number of piperidine rings is 1. The molecule has 176 valence electrons. The number of hydrogen-bond acceptors (Lipinski definition) is 6. The van der Waals surface area contributed by atoms with Gasteiger partial charge in [0.1, 0.15) is 17.2 Å². The van der Waals surface area contributed by atoms with Crippen molar-refractivity contribution in [2.45, 2.75) is 24.1 Å². The number of hydrogen-bond donors (Lipinski definition) is 0. The molecule has 0 radical (unpaired) electrons. The molecule has 7 nitrogen and oxygen atoms in total. The molecule has 4 rings (SSSR count). The van der Waals surface area contributed by atoms with E-state index in [0.29, 0.717) is 43.1 Å². The van der Waals surface area contributed by atoms with Gasteiger partial charge in [0.15, 0.2) is 0 Å². The summed E-state index contributed by atoms with van der Waals surface area (Å²) in [5, 5.41) is 0. The maximum absolute atomic E-state index is 13.5. The van der Waals surface area contributed by atoms with Gasteiger partial charge in [-0.3, -0.25) is 9.59 Å². The highest BCUT2D eigenvalue weighted by Crippen LogP contribution is 2.45. The Hall–Kier alpha value is -2.87. The largest absolute Gasteiger partial charge is 0.497 e. The Morgan fingerprint density at radius 2 is 1.48 bits per heavy atom. The second-order valence-corrected chi connectivity index (χ2v) is 9.72. The molecule has 2 saturated heterocycles. The monoisotopic (exact) mass is 470 g/mol. The van der Waals surface area contributed by atoms with Crippen LogP contribution in [0, 0.1) is 0 Å². The molecule has 2 aliphatic rings. The van der Waals surface area contributed by atoms with Crippen LogP contribution in [0.1, 0.15) is 28.8 Å². The molecule has 2 fully saturated rings. The fraction of sp³-hybridized carbons (Fsp3) is 0.440. The number of thioether (sulfide) groups is 1. The highest BCUT2D eigenvalue weighted by Gasteiger charge is 2.47. The Bertz CT molecular complexity index is 980. The highest BCUT2D eigenvalue weighted by atomic mass is 32.2. The van der Waals surface area contributed by atoms with Gasteiger partial charge in [0.2, 0.25) is 5.91 Å². The van der Waals surface area contributed by atoms with E-state index in [1.807, 2.05) is 45.8 Å². The van der Waals surface area contributed by atoms with Gasteiger partial charge in [-0.25, -0.2) is 0 Å². The molecule has 2 amide bonds. The van der Waals surface area contributed by atoms with Crippen LogP contribution in [0.15, 0.2) is 42.5 Å². The number of amides is 2. The van der Waals surface area contributed by atoms with Gasteiger partial charge >= 0.3 is 0 Å². The van der Waals surface area contributed by atoms with Crippen molar-refractivity contribution in [1.29, 1.82) is 0 Å². The summed E-state index contributed by atoms with van der Waals surface area (Å²) in [6.07, 6.45) is 1.90. The van der Waals surface area contributed by atoms with E-state index in [9.17, 15) is 9.59 Å². The Labute approximate surface area is 199 Å². The van der Waals surface area contributed by atoms with Crippen LogP contribution < -0.4 is 14.2 Å². The van der Waals surface area contributed by atoms with Crippen LogP contribution in [0.3, 0.4) is 0 Å². The van der Waals surface area contributed by atoms with Crippen molar-refractivity contribution in [3.05, 3.63) is 53.6 Å². The zero-order valence-corrected chi connectivity index (χ0v) is 20.2. The van der Waals surface area contributed by atoms with Crippen LogP contribution in [0.2, 0.25) is 0 Å². The maximum Gasteiger partial charge on any atom is 0.255 e. The van der Waals surface area contributed by atoms with Gasteiger partial charge in [-0.2, -0.15) is 0 Å². The topological polar surface area (TPSA) is 68.3 Å². The first-order valence-electron chi connectivity index (χ1n) is 11.1. The van der Waals surface area contributed by atoms with Crippen molar-refractivity contribution >= 4 is 23.6 Å². The fourth-order valence-corrected chi connectivity index (χ4v) is 5.99. The minimum absolute atomic E-state index is 0.0183. The molecule has 8 heteroatoms. The Morgan fingerprint density at radius 1 is 0.879 bits per heavy atom. The predicted molar refractivity (Wildman–Crippen MR) is 128 cm³/mol. The van der Waals surface area contributed by atoms with Crippen molar-refractivity contribution < 1.29 is 23.8 Å². The van der Waals surface area contributed by atoms with Gasteiger partial charge in [-0.15, -0.1) is 11.8 Å². The molecule has 0 N–H and O–H groups in total. The van der Waals surface area contributed by atoms with E-state index in [4.69, 9.17) is 14.2 Å². The second-order valence-electron chi connectivity index (χ2n) is 8.26. The van der Waals surface area contributed by atoms with Crippen molar-refractivity contribution in [3.63, 3.8) is 0 Å². The minimum Gasteiger partial charge on any atom is -0.497 e. The fourth-order valence-electron chi connectivity index (χ4n) is 4.53. The van der Waals surface area contributed by atoms with E-state index in [-0.39, 0.29) is 16.7 Å². The SMILES string of the molecule is COc1ccc(CC(=O)N2CCC3(CC2)SCCN3C(=O)c2cc(OC)cc(OC)c2)cc1. The van der Waals surface area contributed by atoms with Crippen molar-refractivity contribution in [3.8, 4) is 17.2 Å². The molecule has 0 atom stereocenters. The van der Waals surface area contributed by atoms with E-state index in [1.54, 1.807) is 39.5 Å². The number of carbonyl (C=O) groups is 2. The zero-order chi connectivity index (χ0) is 23.4. The van der Waals surface area contributed by atoms with Gasteiger partial charge in [0, 0.05) is 37.0 Å². The molecular formula is C25H30N2O5S. The number of nitrogens with zero attached hydrogens (tertiary/aromatic N) is 2. The quantitative estimate of drug-likeness (QED) is 0.644. The summed E-state index contributed by atoms with van der Waals surface area (Å²) in [7, 11) is 4.79. The molecule has 0 bridgehead atoms. The van der Waals surface area contributed by atoms with Crippen LogP contribution in [0.4, 0.5) is 0 Å². The number of benzene rings is 2. The second kappa shape index (κ2) is 9.95. The summed E-state index contributed by atoms with van der Waals surface area (Å²) < 4.78 is 15.9. The summed E-state index contributed by atoms with van der Waals surface area (Å²) >= 11 is 1.83. The van der Waals surface area contributed by atoms with Crippen molar-refractivity contribution in [2.24, 2.45) is 0 Å². The third-order valence-electron chi connectivity index (χ3n) is 6.43. The molecule has 33 heavy (non-hydrogen) atoms. The van der Waals surface area contributed by atoms with Crippen LogP contribution in [0.5, 0.6) is 17.2 Å². The molecule has 2 heterocycles. The van der Waals surface area contributed by atoms with Crippen molar-refractivity contribution in [2.75, 3.05) is 46.7 Å². The molecule has 0 aromatic heterocycles. The molecule has 2 aromatic carbocycles. The first-order valence-corrected chi connectivity index (χ1v) is 12.1. The number of likely N-dealkylation sites (tertiary alicyclic amines) is 1. The first kappa shape index (κ1) is 23.3. The van der Waals surface area contributed by atoms with Gasteiger partial charge in [-0.1, -0.05) is 12.1 Å². The molecule has 0 saturated carbocycles. The third-order valence-corrected chi connectivity index (χ3v) is 7.99. The number of methoxy groups -OCH3 is 3. The molecule has 0 unspecified atom stereocenters. The molecular weight excluding hydrogens is 440 g/mol. The lowest BCUT2D eigenvalue weighted by molar-refractivity contribution is -0.132. The Kier molecular flexibility index (Phi) is 7.02. The van der Waals surface area contributed by atoms with Crippen molar-refractivity contribution in [1.82, 2.24) is 9.80 Å². The minimum atomic E-state index is -0.274. The Balaban J connectivity index is 1.42. The summed E-state index contributed by atoms with van der Waals surface area (Å²) in [6, 6.07) is 12.9. The van der Waals surface area contributed by atoms with Crippen LogP contribution in [0.25, 0.3) is 0 Å². The summed E-state index contributed by atoms with van der Waals surface area (Å²) in [6.45, 7) is 1.99. The van der Waals surface area contributed by atoms with Gasteiger partial charge in [0.05, 0.1) is 32.6 Å². The third kappa shape index (κ3) is 4.90. The smallest absolute Gasteiger partial charge is 0.255 e. The number of carbonyl (C=O) groups excluding carboxylic acids is 2. The number of ether oxygens (including phenoxy) is 3. The summed E-state index contributed by atoms with van der Waals surface area (Å²) in [5.74, 6) is 2.97. The van der Waals surface area contributed by atoms with E-state index in [0.717, 1.165) is 29.9 Å². The van der Waals surface area contributed by atoms with E-state index >= 15 is 0 Å². The van der Waals surface area contributed by atoms with E-state index < -0.39 is 0 Å². The van der Waals surface area contributed by atoms with E-state index in [1.165, 1.54) is 0 Å². The van der Waals surface area contributed by atoms with E-state index in [2.05, 4.69) is 0 Å². The lowest BCUT2D eigenvalue weighted by Gasteiger charge is -2.44. The molecule has 2 aromatic rings. The first-order chi connectivity index (χ1) is 16.0. The van der Waals surface area contributed by atoms with Crippen LogP contribution in [-0.4, -0.2) is 73.2 Å². The average molecular weight is 471 g/mol. The lowest BCUT2D eigenvalue weighted by atomic mass is 10.00. The lowest BCUT2D eigenvalue weighted by Crippen LogP contribution is -2.53. The van der Waals surface area contributed by atoms with Gasteiger partial charge < -0.3 is 24.0 Å². The Morgan fingerprint density at radius 3 is 2.06 bits per heavy atom. The molecule has 1 spiro atoms. The molecule has 2 aliphatic heterocycles. The van der Waals surface area contributed by atoms with Gasteiger partial charge in [0.25, 0.3) is 5.91 Å². The molecule has 0 aliphatic carbocycles. The highest BCUT2D eigenvalue weighted by molar-refractivity contribution is 8.00. The van der Waals surface area contributed by atoms with Crippen LogP contribution >= 0.6 is 11.8 Å². The standard InChI is InChI=1S/C25H30N2O5S/c1-30-20-6-4-18(5-7-20)14-23(28)26-10-8-25(9-11-26)27(12-13-33-25)24(29)19-15-21(31-2)17-22(16-19)32-3/h4-7,15-17H,8-14H2,1-3H3. The van der Waals surface area contributed by atoms with Crippen LogP contribution in [-0.2, 0) is 11.2 Å².